The Bertz CT molecular complexity index is 1010. The second-order valence-electron chi connectivity index (χ2n) is 6.57. The number of hydrogen-bond acceptors (Lipinski definition) is 3. The van der Waals surface area contributed by atoms with Gasteiger partial charge in [0.1, 0.15) is 24.3 Å². The Kier molecular flexibility index (Phi) is 5.24. The van der Waals surface area contributed by atoms with Crippen LogP contribution in [0.4, 0.5) is 4.39 Å². The molecule has 1 N–H and O–H groups in total. The van der Waals surface area contributed by atoms with E-state index in [4.69, 9.17) is 9.47 Å². The molecule has 0 amide bonds. The van der Waals surface area contributed by atoms with E-state index in [1.807, 2.05) is 60.7 Å². The third kappa shape index (κ3) is 3.98. The van der Waals surface area contributed by atoms with E-state index in [-0.39, 0.29) is 0 Å². The van der Waals surface area contributed by atoms with E-state index in [0.717, 1.165) is 33.8 Å². The molecule has 4 nitrogen and oxygen atoms in total. The van der Waals surface area contributed by atoms with Crippen LogP contribution in [0.15, 0.2) is 72.8 Å². The minimum atomic E-state index is -0.911. The third-order valence-electron chi connectivity index (χ3n) is 4.63. The summed E-state index contributed by atoms with van der Waals surface area (Å²) in [5, 5.41) is 7.40. The number of alkyl halides is 1. The van der Waals surface area contributed by atoms with Gasteiger partial charge in [0, 0.05) is 18.1 Å². The Balaban J connectivity index is 1.53. The Morgan fingerprint density at radius 1 is 1.14 bits per heavy atom. The Morgan fingerprint density at radius 3 is 2.75 bits per heavy atom. The summed E-state index contributed by atoms with van der Waals surface area (Å²) in [6, 6.07) is 17.7. The van der Waals surface area contributed by atoms with Gasteiger partial charge in [0.15, 0.2) is 0 Å². The Labute approximate surface area is 163 Å². The van der Waals surface area contributed by atoms with Gasteiger partial charge in [-0.05, 0) is 35.4 Å². The molecule has 5 heteroatoms. The zero-order valence-corrected chi connectivity index (χ0v) is 15.6. The molecule has 0 saturated heterocycles. The van der Waals surface area contributed by atoms with Crippen LogP contribution >= 0.6 is 0 Å². The number of ether oxygens (including phenoxy) is 2. The summed E-state index contributed by atoms with van der Waals surface area (Å²) in [6.07, 6.45) is 4.66. The molecule has 0 spiro atoms. The van der Waals surface area contributed by atoms with Crippen molar-refractivity contribution in [1.82, 2.24) is 10.2 Å². The Hall–Kier alpha value is -3.34. The van der Waals surface area contributed by atoms with Crippen molar-refractivity contribution in [2.75, 3.05) is 7.11 Å². The van der Waals surface area contributed by atoms with E-state index < -0.39 is 6.17 Å². The quantitative estimate of drug-likeness (QED) is 0.631. The first-order valence-electron chi connectivity index (χ1n) is 9.16. The highest BCUT2D eigenvalue weighted by atomic mass is 19.1. The van der Waals surface area contributed by atoms with Crippen LogP contribution < -0.4 is 9.47 Å². The largest absolute Gasteiger partial charge is 0.496 e. The summed E-state index contributed by atoms with van der Waals surface area (Å²) in [7, 11) is 1.63. The maximum Gasteiger partial charge on any atom is 0.131 e. The minimum absolute atomic E-state index is 0.380. The van der Waals surface area contributed by atoms with E-state index in [1.165, 1.54) is 0 Å². The summed E-state index contributed by atoms with van der Waals surface area (Å²) in [5.41, 5.74) is 4.52. The summed E-state index contributed by atoms with van der Waals surface area (Å²) in [4.78, 5) is 0. The van der Waals surface area contributed by atoms with E-state index in [9.17, 15) is 4.39 Å². The number of allylic oxidation sites excluding steroid dienone is 4. The molecule has 142 valence electrons. The van der Waals surface area contributed by atoms with Gasteiger partial charge < -0.3 is 9.47 Å². The molecule has 3 aromatic rings. The van der Waals surface area contributed by atoms with Crippen molar-refractivity contribution < 1.29 is 13.9 Å². The van der Waals surface area contributed by atoms with Crippen LogP contribution in [0, 0.1) is 0 Å². The molecule has 1 aliphatic carbocycles. The number of halogens is 1. The number of rotatable bonds is 6. The number of methoxy groups -OCH3 is 1. The average molecular weight is 376 g/mol. The molecule has 1 aromatic heterocycles. The van der Waals surface area contributed by atoms with Gasteiger partial charge in [-0.15, -0.1) is 0 Å². The van der Waals surface area contributed by atoms with Gasteiger partial charge in [0.05, 0.1) is 18.5 Å². The molecular formula is C23H21FN2O2. The summed E-state index contributed by atoms with van der Waals surface area (Å²) in [6.45, 7) is 0.494. The zero-order valence-electron chi connectivity index (χ0n) is 15.6. The number of benzene rings is 2. The monoisotopic (exact) mass is 376 g/mol. The number of H-pyrrole nitrogens is 1. The van der Waals surface area contributed by atoms with Crippen LogP contribution in [-0.2, 0) is 6.61 Å². The van der Waals surface area contributed by atoms with E-state index in [0.29, 0.717) is 18.8 Å². The fourth-order valence-corrected chi connectivity index (χ4v) is 3.12. The first-order chi connectivity index (χ1) is 13.7. The SMILES string of the molecule is COc1cc(OCc2ccccc2)ccc1-c1cc(C2=CCC(F)C=C2)n[nH]1. The third-order valence-corrected chi connectivity index (χ3v) is 4.63. The fourth-order valence-electron chi connectivity index (χ4n) is 3.12. The highest BCUT2D eigenvalue weighted by Gasteiger charge is 2.14. The van der Waals surface area contributed by atoms with Crippen LogP contribution in [0.1, 0.15) is 17.7 Å². The molecule has 0 radical (unpaired) electrons. The fraction of sp³-hybridized carbons (Fsp3) is 0.174. The molecular weight excluding hydrogens is 355 g/mol. The van der Waals surface area contributed by atoms with Gasteiger partial charge in [-0.3, -0.25) is 5.10 Å². The molecule has 28 heavy (non-hydrogen) atoms. The van der Waals surface area contributed by atoms with Crippen LogP contribution in [0.2, 0.25) is 0 Å². The first kappa shape index (κ1) is 18.0. The maximum atomic E-state index is 13.3. The smallest absolute Gasteiger partial charge is 0.131 e. The van der Waals surface area contributed by atoms with Crippen molar-refractivity contribution in [2.24, 2.45) is 0 Å². The molecule has 0 fully saturated rings. The molecule has 1 heterocycles. The number of aromatic amines is 1. The summed E-state index contributed by atoms with van der Waals surface area (Å²) in [5.74, 6) is 1.42. The van der Waals surface area contributed by atoms with Crippen molar-refractivity contribution in [3.05, 3.63) is 84.1 Å². The molecule has 1 unspecified atom stereocenters. The molecule has 0 bridgehead atoms. The van der Waals surface area contributed by atoms with Gasteiger partial charge in [-0.25, -0.2) is 4.39 Å². The molecule has 0 saturated carbocycles. The second-order valence-corrected chi connectivity index (χ2v) is 6.57. The normalized spacial score (nSPS) is 15.9. The van der Waals surface area contributed by atoms with Crippen LogP contribution in [0.5, 0.6) is 11.5 Å². The standard InChI is InChI=1S/C23H21FN2O2/c1-27-23-13-19(28-15-16-5-3-2-4-6-16)11-12-20(23)22-14-21(25-26-22)17-7-9-18(24)10-8-17/h2-9,11-14,18H,10,15H2,1H3,(H,25,26). The molecule has 0 aliphatic heterocycles. The lowest BCUT2D eigenvalue weighted by atomic mass is 10.0. The number of nitrogens with one attached hydrogen (secondary N) is 1. The van der Waals surface area contributed by atoms with Crippen LogP contribution in [0.25, 0.3) is 16.8 Å². The van der Waals surface area contributed by atoms with Crippen molar-refractivity contribution in [3.63, 3.8) is 0 Å². The van der Waals surface area contributed by atoms with Gasteiger partial charge in [0.25, 0.3) is 0 Å². The lowest BCUT2D eigenvalue weighted by molar-refractivity contribution is 0.304. The van der Waals surface area contributed by atoms with Gasteiger partial charge in [-0.1, -0.05) is 42.5 Å². The summed E-state index contributed by atoms with van der Waals surface area (Å²) < 4.78 is 24.7. The molecule has 2 aromatic carbocycles. The van der Waals surface area contributed by atoms with Crippen molar-refractivity contribution in [3.8, 4) is 22.8 Å². The molecule has 1 atom stereocenters. The van der Waals surface area contributed by atoms with E-state index in [2.05, 4.69) is 10.2 Å². The zero-order chi connectivity index (χ0) is 19.3. The number of aromatic nitrogens is 2. The van der Waals surface area contributed by atoms with Crippen molar-refractivity contribution in [1.29, 1.82) is 0 Å². The Morgan fingerprint density at radius 2 is 2.00 bits per heavy atom. The van der Waals surface area contributed by atoms with Gasteiger partial charge in [-0.2, -0.15) is 5.10 Å². The topological polar surface area (TPSA) is 47.1 Å². The van der Waals surface area contributed by atoms with Gasteiger partial charge in [0.2, 0.25) is 0 Å². The number of hydrogen-bond donors (Lipinski definition) is 1. The predicted molar refractivity (Wildman–Crippen MR) is 108 cm³/mol. The highest BCUT2D eigenvalue weighted by Crippen LogP contribution is 2.34. The van der Waals surface area contributed by atoms with Crippen LogP contribution in [0.3, 0.4) is 0 Å². The van der Waals surface area contributed by atoms with Crippen LogP contribution in [-0.4, -0.2) is 23.5 Å². The lowest BCUT2D eigenvalue weighted by Gasteiger charge is -2.11. The highest BCUT2D eigenvalue weighted by molar-refractivity contribution is 5.77. The predicted octanol–water partition coefficient (Wildman–Crippen LogP) is 5.35. The van der Waals surface area contributed by atoms with Gasteiger partial charge >= 0.3 is 0 Å². The first-order valence-corrected chi connectivity index (χ1v) is 9.16. The second kappa shape index (κ2) is 8.13. The minimum Gasteiger partial charge on any atom is -0.496 e. The maximum absolute atomic E-state index is 13.3. The lowest BCUT2D eigenvalue weighted by Crippen LogP contribution is -1.98. The van der Waals surface area contributed by atoms with E-state index in [1.54, 1.807) is 19.3 Å². The van der Waals surface area contributed by atoms with E-state index >= 15 is 0 Å². The van der Waals surface area contributed by atoms with Crippen molar-refractivity contribution in [2.45, 2.75) is 19.2 Å². The molecule has 1 aliphatic rings. The summed E-state index contributed by atoms with van der Waals surface area (Å²) >= 11 is 0. The average Bonchev–Trinajstić information content (AvgIpc) is 3.23. The van der Waals surface area contributed by atoms with Crippen molar-refractivity contribution >= 4 is 5.57 Å². The number of nitrogens with zero attached hydrogens (tertiary/aromatic N) is 1. The molecule has 4 rings (SSSR count).